The highest BCUT2D eigenvalue weighted by Crippen LogP contribution is 2.27. The number of nitrogens with one attached hydrogen (secondary N) is 1. The lowest BCUT2D eigenvalue weighted by atomic mass is 10.0. The molecule has 0 saturated carbocycles. The Morgan fingerprint density at radius 3 is 2.50 bits per heavy atom. The number of hydrogen-bond donors (Lipinski definition) is 1. The van der Waals surface area contributed by atoms with Crippen molar-refractivity contribution >= 4 is 23.0 Å². The van der Waals surface area contributed by atoms with Crippen molar-refractivity contribution in [1.82, 2.24) is 0 Å². The van der Waals surface area contributed by atoms with Gasteiger partial charge in [0.05, 0.1) is 15.6 Å². The first-order chi connectivity index (χ1) is 8.40. The fraction of sp³-hybridized carbons (Fsp3) is 0.538. The lowest BCUT2D eigenvalue weighted by Gasteiger charge is -2.17. The van der Waals surface area contributed by atoms with Crippen LogP contribution in [0, 0.1) is 16.0 Å². The molecule has 5 heteroatoms. The van der Waals surface area contributed by atoms with Gasteiger partial charge in [-0.2, -0.15) is 0 Å². The van der Waals surface area contributed by atoms with Gasteiger partial charge in [-0.05, 0) is 31.7 Å². The van der Waals surface area contributed by atoms with E-state index >= 15 is 0 Å². The molecular weight excluding hydrogens is 252 g/mol. The summed E-state index contributed by atoms with van der Waals surface area (Å²) in [6, 6.07) is 4.79. The van der Waals surface area contributed by atoms with E-state index in [0.29, 0.717) is 17.0 Å². The van der Waals surface area contributed by atoms with Gasteiger partial charge < -0.3 is 5.32 Å². The van der Waals surface area contributed by atoms with Crippen molar-refractivity contribution in [2.75, 3.05) is 5.32 Å². The molecule has 4 nitrogen and oxygen atoms in total. The van der Waals surface area contributed by atoms with E-state index in [9.17, 15) is 10.1 Å². The summed E-state index contributed by atoms with van der Waals surface area (Å²) in [4.78, 5) is 10.1. The lowest BCUT2D eigenvalue weighted by molar-refractivity contribution is -0.384. The molecule has 1 N–H and O–H groups in total. The molecule has 1 unspecified atom stereocenters. The Kier molecular flexibility index (Phi) is 5.41. The van der Waals surface area contributed by atoms with Crippen molar-refractivity contribution in [2.45, 2.75) is 39.7 Å². The van der Waals surface area contributed by atoms with Crippen molar-refractivity contribution in [3.63, 3.8) is 0 Å². The molecule has 0 bridgehead atoms. The minimum atomic E-state index is -0.447. The molecule has 0 radical (unpaired) electrons. The van der Waals surface area contributed by atoms with Crippen molar-refractivity contribution in [2.24, 2.45) is 5.92 Å². The highest BCUT2D eigenvalue weighted by Gasteiger charge is 2.11. The number of rotatable bonds is 6. The monoisotopic (exact) mass is 270 g/mol. The van der Waals surface area contributed by atoms with Gasteiger partial charge in [-0.15, -0.1) is 0 Å². The smallest absolute Gasteiger partial charge is 0.271 e. The van der Waals surface area contributed by atoms with Crippen LogP contribution in [0.1, 0.15) is 33.6 Å². The van der Waals surface area contributed by atoms with Crippen LogP contribution in [0.5, 0.6) is 0 Å². The molecule has 0 aliphatic carbocycles. The Balaban J connectivity index is 2.64. The van der Waals surface area contributed by atoms with E-state index in [1.165, 1.54) is 12.1 Å². The quantitative estimate of drug-likeness (QED) is 0.612. The summed E-state index contributed by atoms with van der Waals surface area (Å²) in [7, 11) is 0. The predicted molar refractivity (Wildman–Crippen MR) is 75.3 cm³/mol. The molecule has 1 atom stereocenters. The number of halogens is 1. The number of non-ortho nitro benzene ring substituents is 1. The van der Waals surface area contributed by atoms with Gasteiger partial charge in [0.15, 0.2) is 0 Å². The van der Waals surface area contributed by atoms with Crippen molar-refractivity contribution in [3.05, 3.63) is 33.3 Å². The van der Waals surface area contributed by atoms with Crippen LogP contribution in [0.4, 0.5) is 11.4 Å². The van der Waals surface area contributed by atoms with E-state index < -0.39 is 4.92 Å². The first kappa shape index (κ1) is 14.8. The summed E-state index contributed by atoms with van der Waals surface area (Å²) in [5.74, 6) is 0.668. The minimum absolute atomic E-state index is 0.0142. The van der Waals surface area contributed by atoms with Crippen LogP contribution in [0.2, 0.25) is 5.02 Å². The van der Waals surface area contributed by atoms with Crippen LogP contribution in [-0.4, -0.2) is 11.0 Å². The maximum Gasteiger partial charge on any atom is 0.271 e. The number of anilines is 1. The van der Waals surface area contributed by atoms with Crippen LogP contribution >= 0.6 is 11.6 Å². The molecular formula is C13H19ClN2O2. The van der Waals surface area contributed by atoms with Gasteiger partial charge in [-0.25, -0.2) is 0 Å². The zero-order valence-electron chi connectivity index (χ0n) is 10.9. The Morgan fingerprint density at radius 2 is 2.00 bits per heavy atom. The second-order valence-electron chi connectivity index (χ2n) is 4.94. The Bertz CT molecular complexity index is 421. The molecule has 0 aliphatic heterocycles. The molecule has 0 fully saturated rings. The fourth-order valence-corrected chi connectivity index (χ4v) is 1.88. The molecule has 18 heavy (non-hydrogen) atoms. The standard InChI is InChI=1S/C13H19ClN2O2/c1-9(2)4-5-10(3)15-13-7-6-11(16(17)18)8-12(13)14/h6-10,15H,4-5H2,1-3H3. The average molecular weight is 271 g/mol. The topological polar surface area (TPSA) is 55.2 Å². The maximum atomic E-state index is 10.6. The molecule has 100 valence electrons. The van der Waals surface area contributed by atoms with Crippen molar-refractivity contribution in [3.8, 4) is 0 Å². The van der Waals surface area contributed by atoms with Gasteiger partial charge in [0, 0.05) is 18.2 Å². The Morgan fingerprint density at radius 1 is 1.33 bits per heavy atom. The second-order valence-corrected chi connectivity index (χ2v) is 5.35. The lowest BCUT2D eigenvalue weighted by Crippen LogP contribution is -2.16. The van der Waals surface area contributed by atoms with Crippen molar-refractivity contribution in [1.29, 1.82) is 0 Å². The van der Waals surface area contributed by atoms with Gasteiger partial charge in [0.1, 0.15) is 0 Å². The minimum Gasteiger partial charge on any atom is -0.381 e. The molecule has 0 spiro atoms. The van der Waals surface area contributed by atoms with E-state index in [1.807, 2.05) is 0 Å². The van der Waals surface area contributed by atoms with Crippen LogP contribution in [0.3, 0.4) is 0 Å². The van der Waals surface area contributed by atoms with Crippen LogP contribution < -0.4 is 5.32 Å². The number of nitrogens with zero attached hydrogens (tertiary/aromatic N) is 1. The number of nitro groups is 1. The highest BCUT2D eigenvalue weighted by molar-refractivity contribution is 6.33. The SMILES string of the molecule is CC(C)CCC(C)Nc1ccc([N+](=O)[O-])cc1Cl. The zero-order valence-corrected chi connectivity index (χ0v) is 11.7. The summed E-state index contributed by atoms with van der Waals surface area (Å²) < 4.78 is 0. The normalized spacial score (nSPS) is 12.5. The van der Waals surface area contributed by atoms with Gasteiger partial charge in [-0.3, -0.25) is 10.1 Å². The van der Waals surface area contributed by atoms with Gasteiger partial charge in [0.2, 0.25) is 0 Å². The molecule has 1 aromatic rings. The third kappa shape index (κ3) is 4.53. The van der Waals surface area contributed by atoms with Crippen LogP contribution in [0.25, 0.3) is 0 Å². The molecule has 1 aromatic carbocycles. The molecule has 0 amide bonds. The average Bonchev–Trinajstić information content (AvgIpc) is 2.29. The van der Waals surface area contributed by atoms with Gasteiger partial charge >= 0.3 is 0 Å². The van der Waals surface area contributed by atoms with E-state index in [-0.39, 0.29) is 5.69 Å². The number of nitro benzene ring substituents is 1. The molecule has 0 aromatic heterocycles. The summed E-state index contributed by atoms with van der Waals surface area (Å²) >= 11 is 6.01. The molecule has 1 rings (SSSR count). The Labute approximate surface area is 112 Å². The largest absolute Gasteiger partial charge is 0.381 e. The third-order valence-corrected chi connectivity index (χ3v) is 3.06. The third-order valence-electron chi connectivity index (χ3n) is 2.74. The van der Waals surface area contributed by atoms with E-state index in [1.54, 1.807) is 6.07 Å². The predicted octanol–water partition coefficient (Wildman–Crippen LogP) is 4.48. The second kappa shape index (κ2) is 6.59. The summed E-state index contributed by atoms with van der Waals surface area (Å²) in [5, 5.41) is 14.3. The van der Waals surface area contributed by atoms with Crippen LogP contribution in [-0.2, 0) is 0 Å². The first-order valence-electron chi connectivity index (χ1n) is 6.10. The summed E-state index contributed by atoms with van der Waals surface area (Å²) in [5.41, 5.74) is 0.763. The molecule has 0 aliphatic rings. The van der Waals surface area contributed by atoms with Gasteiger partial charge in [0.25, 0.3) is 5.69 Å². The summed E-state index contributed by atoms with van der Waals surface area (Å²) in [6.07, 6.45) is 2.18. The van der Waals surface area contributed by atoms with E-state index in [4.69, 9.17) is 11.6 Å². The van der Waals surface area contributed by atoms with Gasteiger partial charge in [-0.1, -0.05) is 25.4 Å². The van der Waals surface area contributed by atoms with E-state index in [0.717, 1.165) is 18.5 Å². The zero-order chi connectivity index (χ0) is 13.7. The Hall–Kier alpha value is -1.29. The fourth-order valence-electron chi connectivity index (χ4n) is 1.66. The van der Waals surface area contributed by atoms with Crippen molar-refractivity contribution < 1.29 is 4.92 Å². The highest BCUT2D eigenvalue weighted by atomic mass is 35.5. The number of hydrogen-bond acceptors (Lipinski definition) is 3. The van der Waals surface area contributed by atoms with Crippen LogP contribution in [0.15, 0.2) is 18.2 Å². The molecule has 0 saturated heterocycles. The van der Waals surface area contributed by atoms with E-state index in [2.05, 4.69) is 26.1 Å². The first-order valence-corrected chi connectivity index (χ1v) is 6.48. The molecule has 0 heterocycles. The summed E-state index contributed by atoms with van der Waals surface area (Å²) in [6.45, 7) is 6.46. The maximum absolute atomic E-state index is 10.6. The number of benzene rings is 1.